The SMILES string of the molecule is CC.CC.COC(=O)NC(C)C. The Morgan fingerprint density at radius 1 is 1.17 bits per heavy atom. The summed E-state index contributed by atoms with van der Waals surface area (Å²) in [6.45, 7) is 11.7. The molecule has 0 rings (SSSR count). The Balaban J connectivity index is -0.000000175. The van der Waals surface area contributed by atoms with Crippen LogP contribution in [0.5, 0.6) is 0 Å². The zero-order valence-electron chi connectivity index (χ0n) is 9.39. The largest absolute Gasteiger partial charge is 0.453 e. The van der Waals surface area contributed by atoms with Crippen molar-refractivity contribution in [3.8, 4) is 0 Å². The number of ether oxygens (including phenoxy) is 1. The van der Waals surface area contributed by atoms with Gasteiger partial charge in [-0.15, -0.1) is 0 Å². The van der Waals surface area contributed by atoms with Crippen LogP contribution in [0.3, 0.4) is 0 Å². The lowest BCUT2D eigenvalue weighted by Crippen LogP contribution is -2.29. The fraction of sp³-hybridized carbons (Fsp3) is 0.889. The van der Waals surface area contributed by atoms with Gasteiger partial charge in [0.2, 0.25) is 0 Å². The first-order chi connectivity index (χ1) is 5.66. The smallest absolute Gasteiger partial charge is 0.407 e. The van der Waals surface area contributed by atoms with Gasteiger partial charge >= 0.3 is 6.09 Å². The third kappa shape index (κ3) is 22.8. The van der Waals surface area contributed by atoms with Crippen molar-refractivity contribution in [2.24, 2.45) is 0 Å². The van der Waals surface area contributed by atoms with Crippen LogP contribution < -0.4 is 5.32 Å². The monoisotopic (exact) mass is 177 g/mol. The second-order valence-corrected chi connectivity index (χ2v) is 1.79. The topological polar surface area (TPSA) is 38.3 Å². The maximum atomic E-state index is 10.3. The van der Waals surface area contributed by atoms with Gasteiger partial charge in [0.15, 0.2) is 0 Å². The van der Waals surface area contributed by atoms with Crippen LogP contribution in [0.4, 0.5) is 4.79 Å². The molecule has 0 unspecified atom stereocenters. The lowest BCUT2D eigenvalue weighted by atomic mass is 10.4. The number of carbonyl (C=O) groups is 1. The zero-order valence-corrected chi connectivity index (χ0v) is 9.39. The molecule has 0 spiro atoms. The molecule has 0 aromatic carbocycles. The van der Waals surface area contributed by atoms with E-state index in [1.165, 1.54) is 7.11 Å². The maximum absolute atomic E-state index is 10.3. The second kappa shape index (κ2) is 16.7. The van der Waals surface area contributed by atoms with Crippen molar-refractivity contribution in [1.82, 2.24) is 5.32 Å². The minimum atomic E-state index is -0.375. The van der Waals surface area contributed by atoms with Gasteiger partial charge < -0.3 is 10.1 Å². The number of hydrogen-bond acceptors (Lipinski definition) is 2. The number of alkyl carbamates (subject to hydrolysis) is 1. The van der Waals surface area contributed by atoms with Crippen LogP contribution in [0.25, 0.3) is 0 Å². The van der Waals surface area contributed by atoms with Gasteiger partial charge in [-0.05, 0) is 13.8 Å². The van der Waals surface area contributed by atoms with Crippen molar-refractivity contribution >= 4 is 6.09 Å². The summed E-state index contributed by atoms with van der Waals surface area (Å²) >= 11 is 0. The molecule has 0 aromatic rings. The van der Waals surface area contributed by atoms with E-state index in [9.17, 15) is 4.79 Å². The molecule has 1 amide bonds. The number of amides is 1. The molecule has 76 valence electrons. The summed E-state index contributed by atoms with van der Waals surface area (Å²) in [7, 11) is 1.34. The molecule has 0 saturated heterocycles. The molecule has 0 fully saturated rings. The molecule has 0 saturated carbocycles. The van der Waals surface area contributed by atoms with E-state index >= 15 is 0 Å². The Hall–Kier alpha value is -0.730. The minimum Gasteiger partial charge on any atom is -0.453 e. The summed E-state index contributed by atoms with van der Waals surface area (Å²) < 4.78 is 4.31. The average Bonchev–Trinajstić information content (AvgIpc) is 2.10. The van der Waals surface area contributed by atoms with E-state index in [1.54, 1.807) is 0 Å². The standard InChI is InChI=1S/C5H11NO2.2C2H6/c1-4(2)6-5(7)8-3;2*1-2/h4H,1-3H3,(H,6,7);2*1-2H3. The Bertz CT molecular complexity index is 82.6. The predicted molar refractivity (Wildman–Crippen MR) is 53.4 cm³/mol. The summed E-state index contributed by atoms with van der Waals surface area (Å²) in [5, 5.41) is 2.53. The van der Waals surface area contributed by atoms with Crippen molar-refractivity contribution in [3.63, 3.8) is 0 Å². The fourth-order valence-corrected chi connectivity index (χ4v) is 0.295. The van der Waals surface area contributed by atoms with Gasteiger partial charge in [0.1, 0.15) is 0 Å². The highest BCUT2D eigenvalue weighted by atomic mass is 16.5. The number of rotatable bonds is 1. The molecule has 3 heteroatoms. The normalized spacial score (nSPS) is 7.00. The lowest BCUT2D eigenvalue weighted by molar-refractivity contribution is 0.168. The molecule has 0 radical (unpaired) electrons. The molecule has 1 N–H and O–H groups in total. The number of carbonyl (C=O) groups excluding carboxylic acids is 1. The molecule has 0 aromatic heterocycles. The first kappa shape index (κ1) is 17.4. The molecule has 12 heavy (non-hydrogen) atoms. The Morgan fingerprint density at radius 3 is 1.58 bits per heavy atom. The predicted octanol–water partition coefficient (Wildman–Crippen LogP) is 2.80. The third-order valence-electron chi connectivity index (χ3n) is 0.592. The van der Waals surface area contributed by atoms with Gasteiger partial charge in [-0.1, -0.05) is 27.7 Å². The Morgan fingerprint density at radius 2 is 1.50 bits per heavy atom. The molecule has 0 heterocycles. The van der Waals surface area contributed by atoms with Gasteiger partial charge in [-0.25, -0.2) is 4.79 Å². The molecule has 0 aliphatic rings. The molecule has 0 aliphatic heterocycles. The lowest BCUT2D eigenvalue weighted by Gasteiger charge is -2.04. The molecule has 3 nitrogen and oxygen atoms in total. The van der Waals surface area contributed by atoms with Gasteiger partial charge in [0.05, 0.1) is 7.11 Å². The van der Waals surface area contributed by atoms with E-state index in [2.05, 4.69) is 10.1 Å². The molecule has 0 bridgehead atoms. The average molecular weight is 177 g/mol. The number of nitrogens with one attached hydrogen (secondary N) is 1. The Labute approximate surface area is 76.5 Å². The molecular formula is C9H23NO2. The van der Waals surface area contributed by atoms with E-state index in [-0.39, 0.29) is 12.1 Å². The minimum absolute atomic E-state index is 0.155. The first-order valence-electron chi connectivity index (χ1n) is 4.51. The van der Waals surface area contributed by atoms with Gasteiger partial charge in [0, 0.05) is 6.04 Å². The highest BCUT2D eigenvalue weighted by Gasteiger charge is 1.97. The van der Waals surface area contributed by atoms with Crippen LogP contribution in [-0.2, 0) is 4.74 Å². The highest BCUT2D eigenvalue weighted by Crippen LogP contribution is 1.77. The van der Waals surface area contributed by atoms with Crippen LogP contribution in [0.15, 0.2) is 0 Å². The van der Waals surface area contributed by atoms with Gasteiger partial charge in [-0.3, -0.25) is 0 Å². The summed E-state index contributed by atoms with van der Waals surface area (Å²) in [6.07, 6.45) is -0.375. The van der Waals surface area contributed by atoms with E-state index in [1.807, 2.05) is 41.5 Å². The van der Waals surface area contributed by atoms with E-state index in [4.69, 9.17) is 0 Å². The molecular weight excluding hydrogens is 154 g/mol. The van der Waals surface area contributed by atoms with E-state index < -0.39 is 0 Å². The summed E-state index contributed by atoms with van der Waals surface area (Å²) in [4.78, 5) is 10.3. The van der Waals surface area contributed by atoms with Gasteiger partial charge in [-0.2, -0.15) is 0 Å². The van der Waals surface area contributed by atoms with Crippen LogP contribution in [-0.4, -0.2) is 19.2 Å². The maximum Gasteiger partial charge on any atom is 0.407 e. The van der Waals surface area contributed by atoms with Crippen molar-refractivity contribution in [2.75, 3.05) is 7.11 Å². The molecule has 0 atom stereocenters. The zero-order chi connectivity index (χ0) is 10.6. The first-order valence-corrected chi connectivity index (χ1v) is 4.51. The number of hydrogen-bond donors (Lipinski definition) is 1. The van der Waals surface area contributed by atoms with Crippen LogP contribution in [0.1, 0.15) is 41.5 Å². The van der Waals surface area contributed by atoms with E-state index in [0.29, 0.717) is 0 Å². The van der Waals surface area contributed by atoms with Crippen molar-refractivity contribution < 1.29 is 9.53 Å². The van der Waals surface area contributed by atoms with Crippen molar-refractivity contribution in [2.45, 2.75) is 47.6 Å². The third-order valence-corrected chi connectivity index (χ3v) is 0.592. The van der Waals surface area contributed by atoms with Crippen LogP contribution in [0.2, 0.25) is 0 Å². The fourth-order valence-electron chi connectivity index (χ4n) is 0.295. The summed E-state index contributed by atoms with van der Waals surface area (Å²) in [5.74, 6) is 0. The Kier molecular flexibility index (Phi) is 24.2. The molecule has 0 aliphatic carbocycles. The quantitative estimate of drug-likeness (QED) is 0.669. The van der Waals surface area contributed by atoms with Crippen molar-refractivity contribution in [3.05, 3.63) is 0 Å². The van der Waals surface area contributed by atoms with Crippen molar-refractivity contribution in [1.29, 1.82) is 0 Å². The van der Waals surface area contributed by atoms with Crippen LogP contribution >= 0.6 is 0 Å². The highest BCUT2D eigenvalue weighted by molar-refractivity contribution is 5.67. The number of methoxy groups -OCH3 is 1. The van der Waals surface area contributed by atoms with Crippen LogP contribution in [0, 0.1) is 0 Å². The summed E-state index contributed by atoms with van der Waals surface area (Å²) in [5.41, 5.74) is 0. The summed E-state index contributed by atoms with van der Waals surface area (Å²) in [6, 6.07) is 0.155. The second-order valence-electron chi connectivity index (χ2n) is 1.79. The van der Waals surface area contributed by atoms with Gasteiger partial charge in [0.25, 0.3) is 0 Å². The van der Waals surface area contributed by atoms with E-state index in [0.717, 1.165) is 0 Å².